The predicted octanol–water partition coefficient (Wildman–Crippen LogP) is 3.51. The minimum absolute atomic E-state index is 0.119. The summed E-state index contributed by atoms with van der Waals surface area (Å²) in [4.78, 5) is 31.6. The smallest absolute Gasteiger partial charge is 0.325 e. The van der Waals surface area contributed by atoms with Crippen LogP contribution in [-0.4, -0.2) is 28.6 Å². The van der Waals surface area contributed by atoms with Gasteiger partial charge >= 0.3 is 6.03 Å². The number of rotatable bonds is 4. The van der Waals surface area contributed by atoms with Crippen molar-refractivity contribution in [3.63, 3.8) is 0 Å². The van der Waals surface area contributed by atoms with Crippen LogP contribution in [0.2, 0.25) is 0 Å². The van der Waals surface area contributed by atoms with E-state index in [1.165, 1.54) is 16.2 Å². The van der Waals surface area contributed by atoms with Gasteiger partial charge in [-0.1, -0.05) is 36.4 Å². The van der Waals surface area contributed by atoms with Gasteiger partial charge in [-0.3, -0.25) is 9.69 Å². The lowest BCUT2D eigenvalue weighted by Crippen LogP contribution is -2.40. The van der Waals surface area contributed by atoms with Crippen LogP contribution in [0, 0.1) is 0 Å². The lowest BCUT2D eigenvalue weighted by atomic mass is 9.91. The summed E-state index contributed by atoms with van der Waals surface area (Å²) in [5, 5.41) is 5.54. The fourth-order valence-electron chi connectivity index (χ4n) is 3.50. The zero-order valence-corrected chi connectivity index (χ0v) is 16.4. The molecular weight excluding hydrogens is 390 g/mol. The van der Waals surface area contributed by atoms with E-state index in [1.807, 2.05) is 35.7 Å². The monoisotopic (exact) mass is 407 g/mol. The third kappa shape index (κ3) is 2.92. The van der Waals surface area contributed by atoms with Gasteiger partial charge in [-0.25, -0.2) is 9.78 Å². The van der Waals surface area contributed by atoms with Gasteiger partial charge < -0.3 is 14.8 Å². The first kappa shape index (κ1) is 17.7. The Bertz CT molecular complexity index is 1110. The number of aromatic nitrogens is 1. The summed E-state index contributed by atoms with van der Waals surface area (Å²) in [6, 6.07) is 14.6. The first-order chi connectivity index (χ1) is 14.0. The van der Waals surface area contributed by atoms with Crippen molar-refractivity contribution in [1.29, 1.82) is 0 Å². The van der Waals surface area contributed by atoms with Gasteiger partial charge in [-0.05, 0) is 24.6 Å². The van der Waals surface area contributed by atoms with E-state index in [9.17, 15) is 9.59 Å². The van der Waals surface area contributed by atoms with Crippen molar-refractivity contribution in [2.75, 3.05) is 6.79 Å². The van der Waals surface area contributed by atoms with Crippen LogP contribution in [0.25, 0.3) is 10.6 Å². The number of benzene rings is 2. The summed E-state index contributed by atoms with van der Waals surface area (Å²) >= 11 is 1.49. The molecule has 0 saturated carbocycles. The van der Waals surface area contributed by atoms with Crippen molar-refractivity contribution in [2.45, 2.75) is 19.0 Å². The maximum Gasteiger partial charge on any atom is 0.325 e. The molecule has 2 aromatic carbocycles. The van der Waals surface area contributed by atoms with Gasteiger partial charge in [-0.2, -0.15) is 0 Å². The number of ether oxygens (including phenoxy) is 2. The molecule has 7 nitrogen and oxygen atoms in total. The van der Waals surface area contributed by atoms with Gasteiger partial charge in [0.2, 0.25) is 6.79 Å². The van der Waals surface area contributed by atoms with Crippen LogP contribution >= 0.6 is 11.3 Å². The highest BCUT2D eigenvalue weighted by molar-refractivity contribution is 7.13. The number of imide groups is 1. The third-order valence-corrected chi connectivity index (χ3v) is 6.06. The molecule has 1 atom stereocenters. The highest BCUT2D eigenvalue weighted by Crippen LogP contribution is 2.38. The van der Waals surface area contributed by atoms with Crippen LogP contribution in [0.5, 0.6) is 11.5 Å². The van der Waals surface area contributed by atoms with Crippen LogP contribution in [0.3, 0.4) is 0 Å². The maximum absolute atomic E-state index is 13.2. The van der Waals surface area contributed by atoms with E-state index < -0.39 is 11.6 Å². The number of nitrogens with one attached hydrogen (secondary N) is 1. The summed E-state index contributed by atoms with van der Waals surface area (Å²) in [5.74, 6) is 0.869. The molecule has 0 spiro atoms. The molecule has 2 aliphatic rings. The number of nitrogens with zero attached hydrogens (tertiary/aromatic N) is 2. The first-order valence-corrected chi connectivity index (χ1v) is 9.96. The molecule has 0 radical (unpaired) electrons. The molecule has 1 saturated heterocycles. The molecular formula is C21H17N3O4S. The molecule has 1 fully saturated rings. The number of hydrogen-bond donors (Lipinski definition) is 1. The Kier molecular flexibility index (Phi) is 4.02. The Balaban J connectivity index is 1.39. The minimum atomic E-state index is -1.17. The van der Waals surface area contributed by atoms with Gasteiger partial charge in [0, 0.05) is 10.9 Å². The van der Waals surface area contributed by atoms with Crippen LogP contribution < -0.4 is 14.8 Å². The van der Waals surface area contributed by atoms with Gasteiger partial charge in [-0.15, -0.1) is 11.3 Å². The second kappa shape index (κ2) is 6.59. The second-order valence-corrected chi connectivity index (χ2v) is 7.88. The molecule has 0 unspecified atom stereocenters. The SMILES string of the molecule is C[C@]1(c2ccc3c(c2)OCO3)NC(=O)N(Cc2csc(-c3ccccc3)n2)C1=O. The van der Waals surface area contributed by atoms with Crippen molar-refractivity contribution >= 4 is 23.3 Å². The Morgan fingerprint density at radius 3 is 2.76 bits per heavy atom. The normalized spacial score (nSPS) is 20.2. The van der Waals surface area contributed by atoms with Crippen molar-refractivity contribution in [2.24, 2.45) is 0 Å². The molecule has 2 aliphatic heterocycles. The molecule has 0 aliphatic carbocycles. The zero-order chi connectivity index (χ0) is 20.0. The Hall–Kier alpha value is -3.39. The molecule has 5 rings (SSSR count). The third-order valence-electron chi connectivity index (χ3n) is 5.12. The maximum atomic E-state index is 13.2. The first-order valence-electron chi connectivity index (χ1n) is 9.09. The topological polar surface area (TPSA) is 80.8 Å². The van der Waals surface area contributed by atoms with Crippen LogP contribution in [0.15, 0.2) is 53.9 Å². The fourth-order valence-corrected chi connectivity index (χ4v) is 4.32. The van der Waals surface area contributed by atoms with Crippen molar-refractivity contribution in [1.82, 2.24) is 15.2 Å². The Morgan fingerprint density at radius 1 is 1.14 bits per heavy atom. The highest BCUT2D eigenvalue weighted by Gasteiger charge is 2.49. The number of fused-ring (bicyclic) bond motifs is 1. The van der Waals surface area contributed by atoms with Crippen molar-refractivity contribution in [3.8, 4) is 22.1 Å². The Morgan fingerprint density at radius 2 is 1.93 bits per heavy atom. The number of carbonyl (C=O) groups excluding carboxylic acids is 2. The highest BCUT2D eigenvalue weighted by atomic mass is 32.1. The number of hydrogen-bond acceptors (Lipinski definition) is 6. The van der Waals surface area contributed by atoms with E-state index in [2.05, 4.69) is 10.3 Å². The van der Waals surface area contributed by atoms with E-state index in [4.69, 9.17) is 9.47 Å². The van der Waals surface area contributed by atoms with E-state index in [-0.39, 0.29) is 19.2 Å². The van der Waals surface area contributed by atoms with Gasteiger partial charge in [0.1, 0.15) is 10.5 Å². The molecule has 1 N–H and O–H groups in total. The largest absolute Gasteiger partial charge is 0.454 e. The second-order valence-electron chi connectivity index (χ2n) is 7.02. The number of urea groups is 1. The van der Waals surface area contributed by atoms with E-state index in [1.54, 1.807) is 25.1 Å². The van der Waals surface area contributed by atoms with Gasteiger partial charge in [0.15, 0.2) is 11.5 Å². The lowest BCUT2D eigenvalue weighted by Gasteiger charge is -2.22. The summed E-state index contributed by atoms with van der Waals surface area (Å²) in [5.41, 5.74) is 1.15. The van der Waals surface area contributed by atoms with E-state index in [0.717, 1.165) is 10.6 Å². The molecule has 8 heteroatoms. The van der Waals surface area contributed by atoms with Gasteiger partial charge in [0.05, 0.1) is 12.2 Å². The molecule has 0 bridgehead atoms. The molecule has 146 valence electrons. The van der Waals surface area contributed by atoms with Crippen molar-refractivity contribution < 1.29 is 19.1 Å². The van der Waals surface area contributed by atoms with Crippen LogP contribution in [0.1, 0.15) is 18.2 Å². The van der Waals surface area contributed by atoms with Crippen molar-refractivity contribution in [3.05, 3.63) is 65.2 Å². The fraction of sp³-hybridized carbons (Fsp3) is 0.190. The number of thiazole rings is 1. The van der Waals surface area contributed by atoms with Crippen LogP contribution in [-0.2, 0) is 16.9 Å². The molecule has 1 aromatic heterocycles. The quantitative estimate of drug-likeness (QED) is 0.670. The standard InChI is InChI=1S/C21H17N3O4S/c1-21(14-7-8-16-17(9-14)28-12-27-16)19(25)24(20(26)23-21)10-15-11-29-18(22-15)13-5-3-2-4-6-13/h2-9,11H,10,12H2,1H3,(H,23,26)/t21-/m1/s1. The predicted molar refractivity (Wildman–Crippen MR) is 107 cm³/mol. The molecule has 3 aromatic rings. The summed E-state index contributed by atoms with van der Waals surface area (Å²) < 4.78 is 10.7. The Labute approximate surface area is 170 Å². The summed E-state index contributed by atoms with van der Waals surface area (Å²) in [6.07, 6.45) is 0. The lowest BCUT2D eigenvalue weighted by molar-refractivity contribution is -0.131. The van der Waals surface area contributed by atoms with E-state index in [0.29, 0.717) is 22.8 Å². The molecule has 3 amide bonds. The molecule has 29 heavy (non-hydrogen) atoms. The molecule has 3 heterocycles. The van der Waals surface area contributed by atoms with E-state index >= 15 is 0 Å². The summed E-state index contributed by atoms with van der Waals surface area (Å²) in [7, 11) is 0. The number of amides is 3. The average molecular weight is 407 g/mol. The zero-order valence-electron chi connectivity index (χ0n) is 15.5. The van der Waals surface area contributed by atoms with Crippen LogP contribution in [0.4, 0.5) is 4.79 Å². The van der Waals surface area contributed by atoms with Gasteiger partial charge in [0.25, 0.3) is 5.91 Å². The summed E-state index contributed by atoms with van der Waals surface area (Å²) in [6.45, 7) is 1.96. The average Bonchev–Trinajstić information content (AvgIpc) is 3.44. The minimum Gasteiger partial charge on any atom is -0.454 e. The number of carbonyl (C=O) groups is 2.